The van der Waals surface area contributed by atoms with Crippen LogP contribution in [-0.2, 0) is 4.79 Å². The molecule has 0 spiro atoms. The number of aromatic nitrogens is 4. The minimum atomic E-state index is -0.945. The molecule has 0 radical (unpaired) electrons. The summed E-state index contributed by atoms with van der Waals surface area (Å²) in [6.45, 7) is 1.74. The Labute approximate surface area is 176 Å². The molecule has 0 fully saturated rings. The Balaban J connectivity index is 1.39. The predicted octanol–water partition coefficient (Wildman–Crippen LogP) is 5.05. The number of nitrogens with one attached hydrogen (secondary N) is 2. The number of benzene rings is 1. The van der Waals surface area contributed by atoms with Gasteiger partial charge in [-0.25, -0.2) is 18.7 Å². The molecule has 1 aromatic carbocycles. The van der Waals surface area contributed by atoms with E-state index in [1.807, 2.05) is 17.5 Å². The van der Waals surface area contributed by atoms with E-state index in [0.717, 1.165) is 17.0 Å². The summed E-state index contributed by atoms with van der Waals surface area (Å²) in [7, 11) is 0. The Morgan fingerprint density at radius 2 is 2.07 bits per heavy atom. The number of halogens is 2. The first-order valence-electron chi connectivity index (χ1n) is 8.34. The summed E-state index contributed by atoms with van der Waals surface area (Å²) in [6.07, 6.45) is 0. The standard InChI is InChI=1S/C18H13F2N5OS3/c1-9(29-18-22-15(24-25-18)14-3-2-6-27-14)16(26)23-17-21-13(8-28-17)10-4-5-11(19)12(20)7-10/h2-9H,1H3,(H,21,23,26)(H,22,24,25)/t9-/m1/s1. The maximum absolute atomic E-state index is 13.4. The number of anilines is 1. The van der Waals surface area contributed by atoms with Crippen LogP contribution in [-0.4, -0.2) is 31.3 Å². The fourth-order valence-corrected chi connectivity index (χ4v) is 4.47. The van der Waals surface area contributed by atoms with Gasteiger partial charge in [-0.2, -0.15) is 0 Å². The van der Waals surface area contributed by atoms with Crippen molar-refractivity contribution in [2.75, 3.05) is 5.32 Å². The molecular weight excluding hydrogens is 436 g/mol. The maximum atomic E-state index is 13.4. The number of thiophene rings is 1. The molecule has 2 N–H and O–H groups in total. The lowest BCUT2D eigenvalue weighted by molar-refractivity contribution is -0.115. The third-order valence-electron chi connectivity index (χ3n) is 3.82. The van der Waals surface area contributed by atoms with Crippen molar-refractivity contribution < 1.29 is 13.6 Å². The number of carbonyl (C=O) groups is 1. The van der Waals surface area contributed by atoms with Crippen molar-refractivity contribution in [3.05, 3.63) is 52.7 Å². The lowest BCUT2D eigenvalue weighted by Crippen LogP contribution is -2.22. The highest BCUT2D eigenvalue weighted by molar-refractivity contribution is 8.00. The van der Waals surface area contributed by atoms with Crippen LogP contribution < -0.4 is 5.32 Å². The van der Waals surface area contributed by atoms with Crippen molar-refractivity contribution in [3.63, 3.8) is 0 Å². The first-order valence-corrected chi connectivity index (χ1v) is 11.0. The number of carbonyl (C=O) groups excluding carboxylic acids is 1. The predicted molar refractivity (Wildman–Crippen MR) is 111 cm³/mol. The smallest absolute Gasteiger partial charge is 0.239 e. The van der Waals surface area contributed by atoms with E-state index >= 15 is 0 Å². The van der Waals surface area contributed by atoms with Crippen molar-refractivity contribution in [1.82, 2.24) is 20.2 Å². The van der Waals surface area contributed by atoms with Gasteiger partial charge in [0.15, 0.2) is 22.6 Å². The van der Waals surface area contributed by atoms with Crippen LogP contribution in [0, 0.1) is 11.6 Å². The number of nitrogens with zero attached hydrogens (tertiary/aromatic N) is 3. The van der Waals surface area contributed by atoms with E-state index in [4.69, 9.17) is 0 Å². The van der Waals surface area contributed by atoms with Crippen molar-refractivity contribution in [2.24, 2.45) is 0 Å². The molecule has 0 bridgehead atoms. The zero-order valence-corrected chi connectivity index (χ0v) is 17.3. The largest absolute Gasteiger partial charge is 0.301 e. The summed E-state index contributed by atoms with van der Waals surface area (Å²) < 4.78 is 26.5. The Bertz CT molecular complexity index is 1140. The lowest BCUT2D eigenvalue weighted by Gasteiger charge is -2.07. The molecule has 0 aliphatic rings. The topological polar surface area (TPSA) is 83.6 Å². The number of thioether (sulfide) groups is 1. The zero-order chi connectivity index (χ0) is 20.4. The van der Waals surface area contributed by atoms with Crippen molar-refractivity contribution >= 4 is 45.5 Å². The normalized spacial score (nSPS) is 12.1. The number of thiazole rings is 1. The molecule has 0 aliphatic heterocycles. The maximum Gasteiger partial charge on any atom is 0.239 e. The SMILES string of the molecule is C[C@@H](Sc1n[nH]c(-c2cccs2)n1)C(=O)Nc1nc(-c2ccc(F)c(F)c2)cs1. The van der Waals surface area contributed by atoms with Gasteiger partial charge in [0.05, 0.1) is 15.8 Å². The van der Waals surface area contributed by atoms with Gasteiger partial charge in [-0.1, -0.05) is 17.8 Å². The van der Waals surface area contributed by atoms with Crippen molar-refractivity contribution in [3.8, 4) is 22.0 Å². The molecule has 0 saturated heterocycles. The van der Waals surface area contributed by atoms with Gasteiger partial charge in [0, 0.05) is 10.9 Å². The average molecular weight is 450 g/mol. The van der Waals surface area contributed by atoms with Gasteiger partial charge in [0.1, 0.15) is 0 Å². The summed E-state index contributed by atoms with van der Waals surface area (Å²) >= 11 is 3.97. The van der Waals surface area contributed by atoms with Crippen molar-refractivity contribution in [1.29, 1.82) is 0 Å². The molecule has 0 aliphatic carbocycles. The summed E-state index contributed by atoms with van der Waals surface area (Å²) in [6, 6.07) is 7.41. The molecule has 148 valence electrons. The summed E-state index contributed by atoms with van der Waals surface area (Å²) in [4.78, 5) is 22.1. The second kappa shape index (κ2) is 8.39. The van der Waals surface area contributed by atoms with Gasteiger partial charge in [-0.05, 0) is 36.6 Å². The van der Waals surface area contributed by atoms with Crippen LogP contribution in [0.15, 0.2) is 46.2 Å². The molecule has 4 aromatic rings. The quantitative estimate of drug-likeness (QED) is 0.402. The van der Waals surface area contributed by atoms with Gasteiger partial charge in [-0.3, -0.25) is 9.89 Å². The second-order valence-corrected chi connectivity index (χ2v) is 8.97. The Morgan fingerprint density at radius 1 is 1.21 bits per heavy atom. The summed E-state index contributed by atoms with van der Waals surface area (Å²) in [5.41, 5.74) is 0.893. The number of rotatable bonds is 6. The molecule has 3 heterocycles. The van der Waals surface area contributed by atoms with Gasteiger partial charge >= 0.3 is 0 Å². The van der Waals surface area contributed by atoms with E-state index in [2.05, 4.69) is 25.5 Å². The van der Waals surface area contributed by atoms with Crippen LogP contribution in [0.3, 0.4) is 0 Å². The number of aromatic amines is 1. The average Bonchev–Trinajstić information content (AvgIpc) is 3.45. The van der Waals surface area contributed by atoms with Gasteiger partial charge in [-0.15, -0.1) is 27.8 Å². The molecule has 29 heavy (non-hydrogen) atoms. The lowest BCUT2D eigenvalue weighted by atomic mass is 10.2. The first-order chi connectivity index (χ1) is 14.0. The number of hydrogen-bond donors (Lipinski definition) is 2. The minimum absolute atomic E-state index is 0.260. The minimum Gasteiger partial charge on any atom is -0.301 e. The molecule has 1 atom stereocenters. The van der Waals surface area contributed by atoms with Crippen LogP contribution in [0.5, 0.6) is 0 Å². The summed E-state index contributed by atoms with van der Waals surface area (Å²) in [5.74, 6) is -1.47. The molecule has 4 rings (SSSR count). The van der Waals surface area contributed by atoms with Crippen LogP contribution in [0.1, 0.15) is 6.92 Å². The number of H-pyrrole nitrogens is 1. The van der Waals surface area contributed by atoms with Gasteiger partial charge in [0.25, 0.3) is 0 Å². The third kappa shape index (κ3) is 4.52. The highest BCUT2D eigenvalue weighted by atomic mass is 32.2. The fourth-order valence-electron chi connectivity index (χ4n) is 2.36. The highest BCUT2D eigenvalue weighted by Gasteiger charge is 2.19. The van der Waals surface area contributed by atoms with E-state index in [1.165, 1.54) is 29.2 Å². The van der Waals surface area contributed by atoms with Gasteiger partial charge < -0.3 is 5.32 Å². The van der Waals surface area contributed by atoms with E-state index in [1.54, 1.807) is 23.6 Å². The Morgan fingerprint density at radius 3 is 2.83 bits per heavy atom. The molecule has 1 amide bonds. The van der Waals surface area contributed by atoms with E-state index in [9.17, 15) is 13.6 Å². The van der Waals surface area contributed by atoms with E-state index in [-0.39, 0.29) is 5.91 Å². The molecule has 0 unspecified atom stereocenters. The van der Waals surface area contributed by atoms with Crippen molar-refractivity contribution in [2.45, 2.75) is 17.3 Å². The first kappa shape index (κ1) is 19.7. The fraction of sp³-hybridized carbons (Fsp3) is 0.111. The van der Waals surface area contributed by atoms with E-state index < -0.39 is 16.9 Å². The molecular formula is C18H13F2N5OS3. The van der Waals surface area contributed by atoms with Crippen LogP contribution in [0.4, 0.5) is 13.9 Å². The zero-order valence-electron chi connectivity index (χ0n) is 14.8. The molecule has 3 aromatic heterocycles. The van der Waals surface area contributed by atoms with E-state index in [0.29, 0.717) is 27.4 Å². The summed E-state index contributed by atoms with van der Waals surface area (Å²) in [5, 5.41) is 13.7. The number of amides is 1. The third-order valence-corrected chi connectivity index (χ3v) is 6.42. The molecule has 0 saturated carbocycles. The molecule has 6 nitrogen and oxygen atoms in total. The van der Waals surface area contributed by atoms with Crippen LogP contribution in [0.25, 0.3) is 22.0 Å². The van der Waals surface area contributed by atoms with Gasteiger partial charge in [0.2, 0.25) is 11.1 Å². The Hall–Kier alpha value is -2.63. The van der Waals surface area contributed by atoms with Crippen LogP contribution in [0.2, 0.25) is 0 Å². The van der Waals surface area contributed by atoms with Crippen LogP contribution >= 0.6 is 34.4 Å². The monoisotopic (exact) mass is 449 g/mol. The highest BCUT2D eigenvalue weighted by Crippen LogP contribution is 2.28. The Kier molecular flexibility index (Phi) is 5.69. The second-order valence-electron chi connectivity index (χ2n) is 5.86. The molecule has 11 heteroatoms. The number of hydrogen-bond acceptors (Lipinski definition) is 7.